The van der Waals surface area contributed by atoms with E-state index >= 15 is 0 Å². The number of carbonyl (C=O) groups excluding carboxylic acids is 1. The molecule has 0 aromatic carbocycles. The zero-order valence-corrected chi connectivity index (χ0v) is 13.9. The second-order valence-electron chi connectivity index (χ2n) is 5.69. The average Bonchev–Trinajstić information content (AvgIpc) is 2.40. The Labute approximate surface area is 128 Å². The van der Waals surface area contributed by atoms with Crippen molar-refractivity contribution in [3.63, 3.8) is 0 Å². The van der Waals surface area contributed by atoms with Crippen LogP contribution in [0.5, 0.6) is 0 Å². The van der Waals surface area contributed by atoms with Crippen LogP contribution in [0.2, 0.25) is 0 Å². The van der Waals surface area contributed by atoms with E-state index in [0.717, 1.165) is 6.54 Å². The summed E-state index contributed by atoms with van der Waals surface area (Å²) < 4.78 is 10.8. The molecule has 0 atom stereocenters. The number of Topliss-reactive ketones (excluding diaryl/α,β-unsaturated/α-hetero) is 1. The Kier molecular flexibility index (Phi) is 9.89. The van der Waals surface area contributed by atoms with Crippen LogP contribution in [-0.2, 0) is 14.3 Å². The molecule has 0 aliphatic rings. The van der Waals surface area contributed by atoms with Crippen molar-refractivity contribution in [1.29, 1.82) is 5.26 Å². The van der Waals surface area contributed by atoms with Gasteiger partial charge in [0.25, 0.3) is 0 Å². The van der Waals surface area contributed by atoms with Crippen molar-refractivity contribution in [2.75, 3.05) is 40.0 Å². The van der Waals surface area contributed by atoms with Gasteiger partial charge in [-0.3, -0.25) is 9.69 Å². The monoisotopic (exact) mass is 296 g/mol. The van der Waals surface area contributed by atoms with Crippen LogP contribution in [-0.4, -0.2) is 56.2 Å². The van der Waals surface area contributed by atoms with E-state index in [4.69, 9.17) is 14.7 Å². The predicted octanol–water partition coefficient (Wildman–Crippen LogP) is 2.18. The molecule has 0 aliphatic carbocycles. The van der Waals surface area contributed by atoms with E-state index < -0.39 is 0 Å². The Morgan fingerprint density at radius 1 is 1.19 bits per heavy atom. The summed E-state index contributed by atoms with van der Waals surface area (Å²) in [4.78, 5) is 12.8. The standard InChI is InChI=1S/C16H28N2O3/c1-14(13-17)12-16(3,4)18(5)7-9-21-11-10-20-8-6-15(2)19/h12H,6-11H2,1-5H3/b14-12-. The van der Waals surface area contributed by atoms with E-state index in [0.29, 0.717) is 38.4 Å². The number of allylic oxidation sites excluding steroid dienone is 1. The highest BCUT2D eigenvalue weighted by Crippen LogP contribution is 2.15. The van der Waals surface area contributed by atoms with Gasteiger partial charge in [-0.05, 0) is 34.7 Å². The zero-order valence-electron chi connectivity index (χ0n) is 13.9. The van der Waals surface area contributed by atoms with E-state index in [9.17, 15) is 4.79 Å². The summed E-state index contributed by atoms with van der Waals surface area (Å²) in [5.74, 6) is 0.139. The van der Waals surface area contributed by atoms with Crippen LogP contribution < -0.4 is 0 Å². The van der Waals surface area contributed by atoms with E-state index in [1.54, 1.807) is 6.92 Å². The third-order valence-electron chi connectivity index (χ3n) is 3.27. The SMILES string of the molecule is CC(=O)CCOCCOCCN(C)C(C)(C)/C=C(/C)C#N. The minimum absolute atomic E-state index is 0.139. The number of ketones is 1. The summed E-state index contributed by atoms with van der Waals surface area (Å²) in [6.45, 7) is 10.4. The Morgan fingerprint density at radius 3 is 2.29 bits per heavy atom. The minimum atomic E-state index is -0.179. The van der Waals surface area contributed by atoms with Crippen LogP contribution in [0.1, 0.15) is 34.1 Å². The lowest BCUT2D eigenvalue weighted by Gasteiger charge is -2.33. The fourth-order valence-electron chi connectivity index (χ4n) is 1.70. The number of carbonyl (C=O) groups is 1. The van der Waals surface area contributed by atoms with Crippen molar-refractivity contribution in [3.05, 3.63) is 11.6 Å². The van der Waals surface area contributed by atoms with Crippen LogP contribution in [0.3, 0.4) is 0 Å². The first kappa shape index (κ1) is 19.8. The number of likely N-dealkylation sites (N-methyl/N-ethyl adjacent to an activating group) is 1. The molecular weight excluding hydrogens is 268 g/mol. The number of nitrogens with zero attached hydrogens (tertiary/aromatic N) is 2. The molecule has 120 valence electrons. The molecule has 0 spiro atoms. The second kappa shape index (κ2) is 10.5. The van der Waals surface area contributed by atoms with Gasteiger partial charge in [0.05, 0.1) is 32.5 Å². The molecule has 0 N–H and O–H groups in total. The van der Waals surface area contributed by atoms with Gasteiger partial charge in [0.15, 0.2) is 0 Å². The Morgan fingerprint density at radius 2 is 1.76 bits per heavy atom. The van der Waals surface area contributed by atoms with Crippen molar-refractivity contribution in [1.82, 2.24) is 4.90 Å². The highest BCUT2D eigenvalue weighted by Gasteiger charge is 2.20. The lowest BCUT2D eigenvalue weighted by Crippen LogP contribution is -2.41. The van der Waals surface area contributed by atoms with Gasteiger partial charge in [0, 0.05) is 24.1 Å². The van der Waals surface area contributed by atoms with Crippen LogP contribution in [0.15, 0.2) is 11.6 Å². The second-order valence-corrected chi connectivity index (χ2v) is 5.69. The molecule has 5 heteroatoms. The molecule has 0 heterocycles. The Balaban J connectivity index is 3.78. The third-order valence-corrected chi connectivity index (χ3v) is 3.27. The van der Waals surface area contributed by atoms with Crippen LogP contribution in [0.25, 0.3) is 0 Å². The summed E-state index contributed by atoms with van der Waals surface area (Å²) in [7, 11) is 2.01. The summed E-state index contributed by atoms with van der Waals surface area (Å²) in [5, 5.41) is 8.83. The van der Waals surface area contributed by atoms with Gasteiger partial charge in [-0.2, -0.15) is 5.26 Å². The first-order valence-electron chi connectivity index (χ1n) is 7.25. The van der Waals surface area contributed by atoms with Gasteiger partial charge in [0.1, 0.15) is 5.78 Å². The molecule has 0 aromatic heterocycles. The first-order chi connectivity index (χ1) is 9.79. The molecule has 0 saturated carbocycles. The van der Waals surface area contributed by atoms with E-state index in [1.165, 1.54) is 0 Å². The normalized spacial score (nSPS) is 12.5. The summed E-state index contributed by atoms with van der Waals surface area (Å²) in [5.41, 5.74) is 0.535. The predicted molar refractivity (Wildman–Crippen MR) is 83.0 cm³/mol. The number of ether oxygens (including phenoxy) is 2. The lowest BCUT2D eigenvalue weighted by atomic mass is 10.0. The molecule has 0 rings (SSSR count). The maximum Gasteiger partial charge on any atom is 0.132 e. The molecule has 0 amide bonds. The number of rotatable bonds is 11. The number of hydrogen-bond acceptors (Lipinski definition) is 5. The molecular formula is C16H28N2O3. The topological polar surface area (TPSA) is 62.6 Å². The van der Waals surface area contributed by atoms with Gasteiger partial charge in [-0.15, -0.1) is 0 Å². The van der Waals surface area contributed by atoms with E-state index in [1.807, 2.05) is 20.0 Å². The molecule has 0 aliphatic heterocycles. The summed E-state index contributed by atoms with van der Waals surface area (Å²) in [6.07, 6.45) is 2.42. The quantitative estimate of drug-likeness (QED) is 0.432. The molecule has 0 fully saturated rings. The third kappa shape index (κ3) is 10.2. The highest BCUT2D eigenvalue weighted by atomic mass is 16.5. The zero-order chi connectivity index (χ0) is 16.3. The molecule has 0 bridgehead atoms. The van der Waals surface area contributed by atoms with Crippen molar-refractivity contribution >= 4 is 5.78 Å². The van der Waals surface area contributed by atoms with E-state index in [-0.39, 0.29) is 11.3 Å². The largest absolute Gasteiger partial charge is 0.379 e. The average molecular weight is 296 g/mol. The molecule has 0 radical (unpaired) electrons. The summed E-state index contributed by atoms with van der Waals surface area (Å²) >= 11 is 0. The Bertz CT molecular complexity index is 383. The molecule has 0 aromatic rings. The minimum Gasteiger partial charge on any atom is -0.379 e. The van der Waals surface area contributed by atoms with E-state index in [2.05, 4.69) is 24.8 Å². The fourth-order valence-corrected chi connectivity index (χ4v) is 1.70. The number of nitriles is 1. The van der Waals surface area contributed by atoms with Crippen molar-refractivity contribution in [3.8, 4) is 6.07 Å². The fraction of sp³-hybridized carbons (Fsp3) is 0.750. The maximum atomic E-state index is 10.7. The van der Waals surface area contributed by atoms with Gasteiger partial charge in [0.2, 0.25) is 0 Å². The van der Waals surface area contributed by atoms with Crippen molar-refractivity contribution < 1.29 is 14.3 Å². The van der Waals surface area contributed by atoms with Crippen LogP contribution in [0, 0.1) is 11.3 Å². The maximum absolute atomic E-state index is 10.7. The lowest BCUT2D eigenvalue weighted by molar-refractivity contribution is -0.118. The van der Waals surface area contributed by atoms with Gasteiger partial charge >= 0.3 is 0 Å². The molecule has 21 heavy (non-hydrogen) atoms. The van der Waals surface area contributed by atoms with Crippen molar-refractivity contribution in [2.24, 2.45) is 0 Å². The van der Waals surface area contributed by atoms with Crippen LogP contribution in [0.4, 0.5) is 0 Å². The summed E-state index contributed by atoms with van der Waals surface area (Å²) in [6, 6.07) is 2.14. The molecule has 0 saturated heterocycles. The first-order valence-corrected chi connectivity index (χ1v) is 7.25. The van der Waals surface area contributed by atoms with Crippen molar-refractivity contribution in [2.45, 2.75) is 39.7 Å². The molecule has 0 unspecified atom stereocenters. The highest BCUT2D eigenvalue weighted by molar-refractivity contribution is 5.75. The van der Waals surface area contributed by atoms with Crippen LogP contribution >= 0.6 is 0 Å². The number of hydrogen-bond donors (Lipinski definition) is 0. The van der Waals surface area contributed by atoms with Gasteiger partial charge in [-0.1, -0.05) is 6.08 Å². The molecule has 5 nitrogen and oxygen atoms in total. The van der Waals surface area contributed by atoms with Gasteiger partial charge in [-0.25, -0.2) is 0 Å². The smallest absolute Gasteiger partial charge is 0.132 e. The van der Waals surface area contributed by atoms with Gasteiger partial charge < -0.3 is 9.47 Å². The Hall–Kier alpha value is -1.22.